The number of anilines is 1. The van der Waals surface area contributed by atoms with E-state index in [0.717, 1.165) is 5.56 Å². The Morgan fingerprint density at radius 1 is 1.13 bits per heavy atom. The third kappa shape index (κ3) is 4.79. The minimum Gasteiger partial charge on any atom is -0.497 e. The summed E-state index contributed by atoms with van der Waals surface area (Å²) >= 11 is 3.11. The summed E-state index contributed by atoms with van der Waals surface area (Å²) < 4.78 is 19.2. The quantitative estimate of drug-likeness (QED) is 0.801. The number of halogens is 2. The molecule has 0 radical (unpaired) electrons. The highest BCUT2D eigenvalue weighted by Crippen LogP contribution is 2.19. The number of hydrogen-bond acceptors (Lipinski definition) is 3. The Morgan fingerprint density at radius 2 is 1.83 bits per heavy atom. The van der Waals surface area contributed by atoms with Crippen LogP contribution in [0.4, 0.5) is 10.1 Å². The molecule has 0 spiro atoms. The van der Waals surface area contributed by atoms with Gasteiger partial charge in [0.25, 0.3) is 0 Å². The number of benzene rings is 2. The van der Waals surface area contributed by atoms with Crippen LogP contribution in [0.2, 0.25) is 0 Å². The number of carbonyl (C=O) groups excluding carboxylic acids is 2. The number of carbonyl (C=O) groups is 2. The molecule has 0 heterocycles. The first-order valence-corrected chi connectivity index (χ1v) is 7.46. The van der Waals surface area contributed by atoms with E-state index in [0.29, 0.717) is 10.2 Å². The first-order chi connectivity index (χ1) is 11.0. The predicted octanol–water partition coefficient (Wildman–Crippen LogP) is 2.85. The van der Waals surface area contributed by atoms with Gasteiger partial charge in [-0.05, 0) is 35.9 Å². The van der Waals surface area contributed by atoms with Gasteiger partial charge in [-0.3, -0.25) is 9.59 Å². The third-order valence-corrected chi connectivity index (χ3v) is 3.49. The highest BCUT2D eigenvalue weighted by molar-refractivity contribution is 9.10. The number of methoxy groups -OCH3 is 1. The van der Waals surface area contributed by atoms with Gasteiger partial charge in [0, 0.05) is 11.0 Å². The van der Waals surface area contributed by atoms with Crippen molar-refractivity contribution in [1.29, 1.82) is 0 Å². The van der Waals surface area contributed by atoms with Crippen LogP contribution in [0.1, 0.15) is 5.56 Å². The molecular formula is C16H14BrFN2O3. The maximum atomic E-state index is 13.6. The van der Waals surface area contributed by atoms with Crippen LogP contribution in [0.3, 0.4) is 0 Å². The van der Waals surface area contributed by atoms with Gasteiger partial charge >= 0.3 is 11.8 Å². The van der Waals surface area contributed by atoms with Crippen molar-refractivity contribution in [3.63, 3.8) is 0 Å². The Labute approximate surface area is 141 Å². The minimum absolute atomic E-state index is 0.0576. The van der Waals surface area contributed by atoms with Gasteiger partial charge in [-0.25, -0.2) is 4.39 Å². The number of ether oxygens (including phenoxy) is 1. The third-order valence-electron chi connectivity index (χ3n) is 3.00. The zero-order valence-electron chi connectivity index (χ0n) is 12.2. The normalized spacial score (nSPS) is 10.0. The van der Waals surface area contributed by atoms with Crippen molar-refractivity contribution in [3.05, 3.63) is 58.3 Å². The Morgan fingerprint density at radius 3 is 2.43 bits per heavy atom. The lowest BCUT2D eigenvalue weighted by molar-refractivity contribution is -0.136. The summed E-state index contributed by atoms with van der Waals surface area (Å²) in [6.07, 6.45) is 0. The van der Waals surface area contributed by atoms with Crippen molar-refractivity contribution in [2.75, 3.05) is 12.4 Å². The maximum Gasteiger partial charge on any atom is 0.313 e. The second kappa shape index (κ2) is 7.73. The van der Waals surface area contributed by atoms with Gasteiger partial charge in [-0.15, -0.1) is 0 Å². The van der Waals surface area contributed by atoms with Gasteiger partial charge in [0.1, 0.15) is 11.6 Å². The zero-order valence-corrected chi connectivity index (χ0v) is 13.8. The molecule has 0 unspecified atom stereocenters. The maximum absolute atomic E-state index is 13.6. The second-order valence-corrected chi connectivity index (χ2v) is 5.52. The molecule has 0 atom stereocenters. The highest BCUT2D eigenvalue weighted by atomic mass is 79.9. The SMILES string of the molecule is COc1ccc(CNC(=O)C(=O)Nc2ccc(Br)cc2F)cc1. The summed E-state index contributed by atoms with van der Waals surface area (Å²) in [4.78, 5) is 23.5. The van der Waals surface area contributed by atoms with E-state index >= 15 is 0 Å². The largest absolute Gasteiger partial charge is 0.497 e. The zero-order chi connectivity index (χ0) is 16.8. The average molecular weight is 381 g/mol. The van der Waals surface area contributed by atoms with Crippen molar-refractivity contribution >= 4 is 33.4 Å². The Bertz CT molecular complexity index is 720. The van der Waals surface area contributed by atoms with Gasteiger partial charge < -0.3 is 15.4 Å². The summed E-state index contributed by atoms with van der Waals surface area (Å²) in [5.41, 5.74) is 0.750. The molecule has 120 valence electrons. The molecular weight excluding hydrogens is 367 g/mol. The summed E-state index contributed by atoms with van der Waals surface area (Å²) in [7, 11) is 1.56. The van der Waals surface area contributed by atoms with E-state index in [-0.39, 0.29) is 12.2 Å². The number of hydrogen-bond donors (Lipinski definition) is 2. The van der Waals surface area contributed by atoms with E-state index in [1.807, 2.05) is 0 Å². The first kappa shape index (κ1) is 17.0. The summed E-state index contributed by atoms with van der Waals surface area (Å²) in [6.45, 7) is 0.180. The van der Waals surface area contributed by atoms with E-state index in [1.54, 1.807) is 37.4 Å². The molecule has 2 rings (SSSR count). The molecule has 2 aromatic carbocycles. The fourth-order valence-corrected chi connectivity index (χ4v) is 2.11. The van der Waals surface area contributed by atoms with Gasteiger partial charge in [0.15, 0.2) is 0 Å². The van der Waals surface area contributed by atoms with Crippen LogP contribution < -0.4 is 15.4 Å². The first-order valence-electron chi connectivity index (χ1n) is 6.67. The smallest absolute Gasteiger partial charge is 0.313 e. The molecule has 0 aromatic heterocycles. The molecule has 5 nitrogen and oxygen atoms in total. The molecule has 2 amide bonds. The molecule has 0 fully saturated rings. The topological polar surface area (TPSA) is 67.4 Å². The molecule has 7 heteroatoms. The van der Waals surface area contributed by atoms with Crippen LogP contribution >= 0.6 is 15.9 Å². The van der Waals surface area contributed by atoms with Crippen molar-refractivity contribution < 1.29 is 18.7 Å². The van der Waals surface area contributed by atoms with Crippen LogP contribution in [-0.4, -0.2) is 18.9 Å². The second-order valence-electron chi connectivity index (χ2n) is 4.61. The Balaban J connectivity index is 1.90. The van der Waals surface area contributed by atoms with E-state index in [2.05, 4.69) is 26.6 Å². The lowest BCUT2D eigenvalue weighted by atomic mass is 10.2. The van der Waals surface area contributed by atoms with Crippen LogP contribution in [0.5, 0.6) is 5.75 Å². The van der Waals surface area contributed by atoms with Crippen LogP contribution in [0, 0.1) is 5.82 Å². The lowest BCUT2D eigenvalue weighted by Gasteiger charge is -2.08. The predicted molar refractivity (Wildman–Crippen MR) is 87.6 cm³/mol. The van der Waals surface area contributed by atoms with Crippen LogP contribution in [0.15, 0.2) is 46.9 Å². The summed E-state index contributed by atoms with van der Waals surface area (Å²) in [6, 6.07) is 11.2. The standard InChI is InChI=1S/C16H14BrFN2O3/c1-23-12-5-2-10(3-6-12)9-19-15(21)16(22)20-14-7-4-11(17)8-13(14)18/h2-8H,9H2,1H3,(H,19,21)(H,20,22). The van der Waals surface area contributed by atoms with Gasteiger partial charge in [-0.1, -0.05) is 28.1 Å². The van der Waals surface area contributed by atoms with E-state index in [9.17, 15) is 14.0 Å². The van der Waals surface area contributed by atoms with E-state index in [1.165, 1.54) is 12.1 Å². The molecule has 0 saturated heterocycles. The molecule has 0 aliphatic heterocycles. The van der Waals surface area contributed by atoms with Crippen LogP contribution in [0.25, 0.3) is 0 Å². The monoisotopic (exact) mass is 380 g/mol. The van der Waals surface area contributed by atoms with E-state index in [4.69, 9.17) is 4.74 Å². The lowest BCUT2D eigenvalue weighted by Crippen LogP contribution is -2.35. The number of amides is 2. The van der Waals surface area contributed by atoms with Crippen molar-refractivity contribution in [3.8, 4) is 5.75 Å². The molecule has 23 heavy (non-hydrogen) atoms. The highest BCUT2D eigenvalue weighted by Gasteiger charge is 2.15. The van der Waals surface area contributed by atoms with Crippen molar-refractivity contribution in [2.45, 2.75) is 6.54 Å². The average Bonchev–Trinajstić information content (AvgIpc) is 2.55. The molecule has 0 bridgehead atoms. The molecule has 0 saturated carbocycles. The summed E-state index contributed by atoms with van der Waals surface area (Å²) in [5.74, 6) is -1.71. The van der Waals surface area contributed by atoms with Gasteiger partial charge in [-0.2, -0.15) is 0 Å². The Hall–Kier alpha value is -2.41. The van der Waals surface area contributed by atoms with Gasteiger partial charge in [0.2, 0.25) is 0 Å². The minimum atomic E-state index is -0.931. The Kier molecular flexibility index (Phi) is 5.70. The number of nitrogens with one attached hydrogen (secondary N) is 2. The molecule has 2 aromatic rings. The van der Waals surface area contributed by atoms with Crippen molar-refractivity contribution in [1.82, 2.24) is 5.32 Å². The molecule has 2 N–H and O–H groups in total. The van der Waals surface area contributed by atoms with Crippen molar-refractivity contribution in [2.24, 2.45) is 0 Å². The molecule has 0 aliphatic carbocycles. The number of rotatable bonds is 4. The fraction of sp³-hybridized carbons (Fsp3) is 0.125. The molecule has 0 aliphatic rings. The fourth-order valence-electron chi connectivity index (χ4n) is 1.78. The summed E-state index contributed by atoms with van der Waals surface area (Å²) in [5, 5.41) is 4.69. The van der Waals surface area contributed by atoms with Crippen LogP contribution in [-0.2, 0) is 16.1 Å². The van der Waals surface area contributed by atoms with Gasteiger partial charge in [0.05, 0.1) is 12.8 Å². The van der Waals surface area contributed by atoms with E-state index < -0.39 is 17.6 Å².